The van der Waals surface area contributed by atoms with Crippen molar-refractivity contribution in [2.75, 3.05) is 0 Å². The zero-order valence-corrected chi connectivity index (χ0v) is 7.04. The fraction of sp³-hybridized carbons (Fsp3) is 0.889. The van der Waals surface area contributed by atoms with Gasteiger partial charge < -0.3 is 4.74 Å². The molecule has 2 nitrogen and oxygen atoms in total. The first-order valence-corrected chi connectivity index (χ1v) is 4.40. The molecule has 0 aromatic rings. The zero-order valence-electron chi connectivity index (χ0n) is 7.04. The average molecular weight is 154 g/mol. The van der Waals surface area contributed by atoms with Gasteiger partial charge in [0.1, 0.15) is 6.10 Å². The fourth-order valence-electron chi connectivity index (χ4n) is 2.52. The van der Waals surface area contributed by atoms with Gasteiger partial charge in [-0.1, -0.05) is 6.92 Å². The predicted octanol–water partition coefficient (Wildman–Crippen LogP) is 1.59. The Morgan fingerprint density at radius 3 is 2.73 bits per heavy atom. The monoisotopic (exact) mass is 154 g/mol. The molecule has 0 bridgehead atoms. The summed E-state index contributed by atoms with van der Waals surface area (Å²) < 4.78 is 5.16. The summed E-state index contributed by atoms with van der Waals surface area (Å²) in [5.41, 5.74) is 0. The summed E-state index contributed by atoms with van der Waals surface area (Å²) in [4.78, 5) is 11.3. The van der Waals surface area contributed by atoms with Crippen molar-refractivity contribution in [1.82, 2.24) is 0 Å². The van der Waals surface area contributed by atoms with Crippen molar-refractivity contribution in [3.05, 3.63) is 0 Å². The van der Waals surface area contributed by atoms with E-state index in [4.69, 9.17) is 4.74 Å². The molecule has 0 aromatic carbocycles. The largest absolute Gasteiger partial charge is 0.462 e. The van der Waals surface area contributed by atoms with Gasteiger partial charge in [-0.25, -0.2) is 0 Å². The topological polar surface area (TPSA) is 26.3 Å². The molecule has 0 N–H and O–H groups in total. The Labute approximate surface area is 66.9 Å². The second kappa shape index (κ2) is 2.23. The van der Waals surface area contributed by atoms with Gasteiger partial charge >= 0.3 is 5.97 Å². The molecule has 2 fully saturated rings. The summed E-state index contributed by atoms with van der Waals surface area (Å²) in [6.07, 6.45) is 2.56. The molecule has 11 heavy (non-hydrogen) atoms. The predicted molar refractivity (Wildman–Crippen MR) is 40.9 cm³/mol. The third kappa shape index (κ3) is 0.883. The molecule has 1 aliphatic heterocycles. The van der Waals surface area contributed by atoms with Crippen molar-refractivity contribution in [2.45, 2.75) is 32.8 Å². The number of ether oxygens (including phenoxy) is 1. The molecule has 0 amide bonds. The summed E-state index contributed by atoms with van der Waals surface area (Å²) >= 11 is 0. The van der Waals surface area contributed by atoms with Gasteiger partial charge in [0.05, 0.1) is 5.92 Å². The minimum Gasteiger partial charge on any atom is -0.462 e. The lowest BCUT2D eigenvalue weighted by atomic mass is 9.90. The first-order chi connectivity index (χ1) is 5.20. The lowest BCUT2D eigenvalue weighted by molar-refractivity contribution is -0.144. The number of carbonyl (C=O) groups is 1. The molecule has 1 aliphatic carbocycles. The lowest BCUT2D eigenvalue weighted by Crippen LogP contribution is -2.16. The van der Waals surface area contributed by atoms with Crippen LogP contribution < -0.4 is 0 Å². The third-order valence-corrected chi connectivity index (χ3v) is 3.21. The van der Waals surface area contributed by atoms with Crippen molar-refractivity contribution in [3.63, 3.8) is 0 Å². The van der Waals surface area contributed by atoms with Crippen LogP contribution in [0.4, 0.5) is 0 Å². The summed E-state index contributed by atoms with van der Waals surface area (Å²) in [7, 11) is 0. The molecule has 0 spiro atoms. The Balaban J connectivity index is 2.22. The molecule has 1 saturated heterocycles. The molecule has 0 aromatic heterocycles. The minimum absolute atomic E-state index is 0.0486. The van der Waals surface area contributed by atoms with E-state index in [9.17, 15) is 4.79 Å². The van der Waals surface area contributed by atoms with Gasteiger partial charge in [-0.3, -0.25) is 4.79 Å². The van der Waals surface area contributed by atoms with Gasteiger partial charge in [0.15, 0.2) is 0 Å². The van der Waals surface area contributed by atoms with E-state index in [0.717, 1.165) is 0 Å². The van der Waals surface area contributed by atoms with Gasteiger partial charge in [-0.05, 0) is 25.7 Å². The first-order valence-electron chi connectivity index (χ1n) is 4.40. The Morgan fingerprint density at radius 2 is 2.09 bits per heavy atom. The van der Waals surface area contributed by atoms with Crippen LogP contribution in [0.5, 0.6) is 0 Å². The molecular formula is C9H14O2. The van der Waals surface area contributed by atoms with E-state index in [0.29, 0.717) is 11.8 Å². The highest BCUT2D eigenvalue weighted by Gasteiger charge is 2.48. The SMILES string of the molecule is C[C@@H]1OC(=O)[C@@H]2[C@H]1CC[C@@H]2C. The Kier molecular flexibility index (Phi) is 1.44. The third-order valence-electron chi connectivity index (χ3n) is 3.21. The van der Waals surface area contributed by atoms with E-state index in [-0.39, 0.29) is 18.0 Å². The Bertz CT molecular complexity index is 188. The van der Waals surface area contributed by atoms with Gasteiger partial charge in [0, 0.05) is 5.92 Å². The number of rotatable bonds is 0. The Hall–Kier alpha value is -0.530. The summed E-state index contributed by atoms with van der Waals surface area (Å²) in [5, 5.41) is 0. The summed E-state index contributed by atoms with van der Waals surface area (Å²) in [6, 6.07) is 0. The van der Waals surface area contributed by atoms with Crippen LogP contribution in [0.15, 0.2) is 0 Å². The summed E-state index contributed by atoms with van der Waals surface area (Å²) in [5.74, 6) is 1.35. The fourth-order valence-corrected chi connectivity index (χ4v) is 2.52. The van der Waals surface area contributed by atoms with E-state index in [2.05, 4.69) is 6.92 Å². The molecule has 0 radical (unpaired) electrons. The number of esters is 1. The van der Waals surface area contributed by atoms with Gasteiger partial charge in [0.2, 0.25) is 0 Å². The van der Waals surface area contributed by atoms with Gasteiger partial charge in [-0.2, -0.15) is 0 Å². The average Bonchev–Trinajstić information content (AvgIpc) is 2.41. The van der Waals surface area contributed by atoms with Crippen LogP contribution in [-0.4, -0.2) is 12.1 Å². The van der Waals surface area contributed by atoms with E-state index >= 15 is 0 Å². The van der Waals surface area contributed by atoms with Crippen molar-refractivity contribution in [1.29, 1.82) is 0 Å². The molecule has 2 heteroatoms. The highest BCUT2D eigenvalue weighted by Crippen LogP contribution is 2.44. The van der Waals surface area contributed by atoms with Crippen molar-refractivity contribution in [3.8, 4) is 0 Å². The molecule has 62 valence electrons. The normalized spacial score (nSPS) is 49.1. The number of fused-ring (bicyclic) bond motifs is 1. The number of carbonyl (C=O) groups excluding carboxylic acids is 1. The van der Waals surface area contributed by atoms with Gasteiger partial charge in [-0.15, -0.1) is 0 Å². The van der Waals surface area contributed by atoms with E-state index in [1.807, 2.05) is 6.92 Å². The maximum atomic E-state index is 11.3. The van der Waals surface area contributed by atoms with Crippen molar-refractivity contribution < 1.29 is 9.53 Å². The van der Waals surface area contributed by atoms with Crippen LogP contribution in [0.3, 0.4) is 0 Å². The van der Waals surface area contributed by atoms with Crippen LogP contribution in [0.2, 0.25) is 0 Å². The van der Waals surface area contributed by atoms with Crippen LogP contribution in [0.25, 0.3) is 0 Å². The number of hydrogen-bond donors (Lipinski definition) is 0. The molecule has 2 rings (SSSR count). The van der Waals surface area contributed by atoms with Crippen LogP contribution in [0, 0.1) is 17.8 Å². The molecule has 0 unspecified atom stereocenters. The minimum atomic E-state index is 0.0486. The highest BCUT2D eigenvalue weighted by atomic mass is 16.6. The van der Waals surface area contributed by atoms with Crippen molar-refractivity contribution in [2.24, 2.45) is 17.8 Å². The highest BCUT2D eigenvalue weighted by molar-refractivity contribution is 5.76. The van der Waals surface area contributed by atoms with Crippen LogP contribution in [0.1, 0.15) is 26.7 Å². The standard InChI is InChI=1S/C9H14O2/c1-5-3-4-7-6(2)11-9(10)8(5)7/h5-8H,3-4H2,1-2H3/t5-,6-,7-,8-/m0/s1. The van der Waals surface area contributed by atoms with Crippen LogP contribution >= 0.6 is 0 Å². The first kappa shape index (κ1) is 7.14. The maximum absolute atomic E-state index is 11.3. The number of cyclic esters (lactones) is 1. The molecule has 1 saturated carbocycles. The van der Waals surface area contributed by atoms with E-state index in [1.54, 1.807) is 0 Å². The molecule has 4 atom stereocenters. The van der Waals surface area contributed by atoms with E-state index < -0.39 is 0 Å². The molecule has 2 aliphatic rings. The van der Waals surface area contributed by atoms with E-state index in [1.165, 1.54) is 12.8 Å². The molecular weight excluding hydrogens is 140 g/mol. The quantitative estimate of drug-likeness (QED) is 0.495. The van der Waals surface area contributed by atoms with Crippen LogP contribution in [-0.2, 0) is 9.53 Å². The van der Waals surface area contributed by atoms with Crippen molar-refractivity contribution >= 4 is 5.97 Å². The maximum Gasteiger partial charge on any atom is 0.309 e. The zero-order chi connectivity index (χ0) is 8.01. The second-order valence-corrected chi connectivity index (χ2v) is 3.89. The van der Waals surface area contributed by atoms with Gasteiger partial charge in [0.25, 0.3) is 0 Å². The molecule has 1 heterocycles. The summed E-state index contributed by atoms with van der Waals surface area (Å²) in [6.45, 7) is 4.17. The smallest absolute Gasteiger partial charge is 0.309 e. The lowest BCUT2D eigenvalue weighted by Gasteiger charge is -2.08. The number of hydrogen-bond acceptors (Lipinski definition) is 2. The Morgan fingerprint density at radius 1 is 1.36 bits per heavy atom. The second-order valence-electron chi connectivity index (χ2n) is 3.89.